The second kappa shape index (κ2) is 8.01. The number of alkyl halides is 2. The number of rotatable bonds is 5. The molecule has 2 aliphatic rings. The topological polar surface area (TPSA) is 99.6 Å². The third-order valence-corrected chi connectivity index (χ3v) is 6.05. The molecule has 4 rings (SSSR count). The smallest absolute Gasteiger partial charge is 0.325 e. The Morgan fingerprint density at radius 2 is 1.84 bits per heavy atom. The van der Waals surface area contributed by atoms with Crippen molar-refractivity contribution in [2.45, 2.75) is 43.8 Å². The quantitative estimate of drug-likeness (QED) is 0.542. The monoisotopic (exact) mass is 447 g/mol. The first-order chi connectivity index (χ1) is 15.2. The molecule has 1 saturated heterocycles. The van der Waals surface area contributed by atoms with E-state index in [9.17, 15) is 32.7 Å². The van der Waals surface area contributed by atoms with Crippen LogP contribution in [0.15, 0.2) is 36.7 Å². The first kappa shape index (κ1) is 21.9. The van der Waals surface area contributed by atoms with Gasteiger partial charge in [0.05, 0.1) is 13.2 Å². The molecule has 1 saturated carbocycles. The Hall–Kier alpha value is -3.27. The van der Waals surface area contributed by atoms with E-state index in [-0.39, 0.29) is 30.6 Å². The minimum atomic E-state index is -2.89. The molecule has 2 N–H and O–H groups in total. The van der Waals surface area contributed by atoms with Gasteiger partial charge in [-0.3, -0.25) is 19.5 Å². The number of ketones is 1. The number of benzene rings is 1. The summed E-state index contributed by atoms with van der Waals surface area (Å²) < 4.78 is 41.7. The van der Waals surface area contributed by atoms with Gasteiger partial charge >= 0.3 is 6.03 Å². The zero-order chi connectivity index (χ0) is 23.1. The lowest BCUT2D eigenvalue weighted by Gasteiger charge is -2.34. The summed E-state index contributed by atoms with van der Waals surface area (Å²) in [6.45, 7) is -0.950. The molecular weight excluding hydrogens is 427 g/mol. The molecule has 3 amide bonds. The van der Waals surface area contributed by atoms with Gasteiger partial charge in [-0.05, 0) is 30.5 Å². The van der Waals surface area contributed by atoms with E-state index in [1.165, 1.54) is 24.5 Å². The molecule has 7 nitrogen and oxygen atoms in total. The zero-order valence-electron chi connectivity index (χ0n) is 16.9. The van der Waals surface area contributed by atoms with Crippen LogP contribution >= 0.6 is 0 Å². The zero-order valence-corrected chi connectivity index (χ0v) is 16.9. The van der Waals surface area contributed by atoms with Gasteiger partial charge in [-0.15, -0.1) is 0 Å². The summed E-state index contributed by atoms with van der Waals surface area (Å²) in [5.41, 5.74) is -0.514. The highest BCUT2D eigenvalue weighted by Crippen LogP contribution is 2.41. The third-order valence-electron chi connectivity index (χ3n) is 6.05. The normalized spacial score (nSPS) is 19.3. The standard InChI is InChI=1S/C22H20F3N3O4/c23-17-9-13(1-2-15(17)16-10-26-8-3-14(16)12-29)18(30)11-28-19(31)21(27-20(28)32)4-6-22(24,25)7-5-21/h1-3,8-10,29H,4-7,11-12H2,(H,27,32). The number of nitrogens with zero attached hydrogens (tertiary/aromatic N) is 2. The van der Waals surface area contributed by atoms with Crippen LogP contribution < -0.4 is 5.32 Å². The maximum Gasteiger partial charge on any atom is 0.325 e. The summed E-state index contributed by atoms with van der Waals surface area (Å²) in [5, 5.41) is 11.9. The number of amides is 3. The SMILES string of the molecule is O=C(CN1C(=O)NC2(CCC(F)(F)CC2)C1=O)c1ccc(-c2cnccc2CO)c(F)c1. The molecule has 168 valence electrons. The van der Waals surface area contributed by atoms with Crippen molar-refractivity contribution >= 4 is 17.7 Å². The van der Waals surface area contributed by atoms with Gasteiger partial charge in [-0.1, -0.05) is 12.1 Å². The second-order valence-electron chi connectivity index (χ2n) is 8.07. The van der Waals surface area contributed by atoms with Crippen LogP contribution in [0.1, 0.15) is 41.6 Å². The van der Waals surface area contributed by atoms with Crippen molar-refractivity contribution in [3.8, 4) is 11.1 Å². The molecule has 1 aliphatic heterocycles. The van der Waals surface area contributed by atoms with Gasteiger partial charge in [0.15, 0.2) is 5.78 Å². The predicted molar refractivity (Wildman–Crippen MR) is 106 cm³/mol. The number of carbonyl (C=O) groups excluding carboxylic acids is 3. The molecule has 32 heavy (non-hydrogen) atoms. The molecule has 1 aromatic heterocycles. The van der Waals surface area contributed by atoms with E-state index in [2.05, 4.69) is 10.3 Å². The fraction of sp³-hybridized carbons (Fsp3) is 0.364. The summed E-state index contributed by atoms with van der Waals surface area (Å²) in [6, 6.07) is 4.41. The lowest BCUT2D eigenvalue weighted by Crippen LogP contribution is -2.51. The van der Waals surface area contributed by atoms with Gasteiger partial charge in [0.2, 0.25) is 5.92 Å². The summed E-state index contributed by atoms with van der Waals surface area (Å²) in [4.78, 5) is 42.4. The summed E-state index contributed by atoms with van der Waals surface area (Å²) in [7, 11) is 0. The molecule has 1 spiro atoms. The molecule has 2 fully saturated rings. The van der Waals surface area contributed by atoms with E-state index >= 15 is 0 Å². The third kappa shape index (κ3) is 3.86. The van der Waals surface area contributed by atoms with Crippen LogP contribution in [0.3, 0.4) is 0 Å². The second-order valence-corrected chi connectivity index (χ2v) is 8.07. The Bertz CT molecular complexity index is 1100. The van der Waals surface area contributed by atoms with Gasteiger partial charge in [-0.25, -0.2) is 18.0 Å². The van der Waals surface area contributed by atoms with Crippen LogP contribution in [-0.2, 0) is 11.4 Å². The maximum absolute atomic E-state index is 14.7. The van der Waals surface area contributed by atoms with Crippen molar-refractivity contribution < 1.29 is 32.7 Å². The van der Waals surface area contributed by atoms with Crippen LogP contribution in [0.2, 0.25) is 0 Å². The predicted octanol–water partition coefficient (Wildman–Crippen LogP) is 3.06. The number of aliphatic hydroxyl groups excluding tert-OH is 1. The van der Waals surface area contributed by atoms with E-state index in [1.54, 1.807) is 6.07 Å². The van der Waals surface area contributed by atoms with Crippen molar-refractivity contribution in [2.75, 3.05) is 6.54 Å². The number of imide groups is 1. The van der Waals surface area contributed by atoms with Crippen molar-refractivity contribution in [2.24, 2.45) is 0 Å². The Morgan fingerprint density at radius 1 is 1.12 bits per heavy atom. The van der Waals surface area contributed by atoms with Gasteiger partial charge in [0.1, 0.15) is 11.4 Å². The van der Waals surface area contributed by atoms with E-state index in [1.807, 2.05) is 0 Å². The van der Waals surface area contributed by atoms with Gasteiger partial charge in [0.25, 0.3) is 5.91 Å². The van der Waals surface area contributed by atoms with Gasteiger partial charge in [-0.2, -0.15) is 0 Å². The number of hydrogen-bond acceptors (Lipinski definition) is 5. The van der Waals surface area contributed by atoms with Crippen LogP contribution in [0.4, 0.5) is 18.0 Å². The number of halogens is 3. The minimum Gasteiger partial charge on any atom is -0.392 e. The van der Waals surface area contributed by atoms with Crippen molar-refractivity contribution in [1.82, 2.24) is 15.2 Å². The van der Waals surface area contributed by atoms with Crippen LogP contribution in [-0.4, -0.2) is 50.7 Å². The van der Waals surface area contributed by atoms with E-state index in [0.717, 1.165) is 6.07 Å². The molecule has 0 bridgehead atoms. The van der Waals surface area contributed by atoms with E-state index in [4.69, 9.17) is 0 Å². The molecule has 2 heterocycles. The Morgan fingerprint density at radius 3 is 2.50 bits per heavy atom. The number of carbonyl (C=O) groups is 3. The Balaban J connectivity index is 1.51. The summed E-state index contributed by atoms with van der Waals surface area (Å²) >= 11 is 0. The van der Waals surface area contributed by atoms with Crippen molar-refractivity contribution in [3.05, 3.63) is 53.6 Å². The molecular formula is C22H20F3N3O4. The number of aromatic nitrogens is 1. The largest absolute Gasteiger partial charge is 0.392 e. The van der Waals surface area contributed by atoms with E-state index < -0.39 is 54.4 Å². The summed E-state index contributed by atoms with van der Waals surface area (Å²) in [6.07, 6.45) is 1.37. The molecule has 2 aromatic rings. The highest BCUT2D eigenvalue weighted by molar-refractivity contribution is 6.11. The van der Waals surface area contributed by atoms with Crippen molar-refractivity contribution in [1.29, 1.82) is 0 Å². The van der Waals surface area contributed by atoms with Crippen LogP contribution in [0, 0.1) is 5.82 Å². The highest BCUT2D eigenvalue weighted by Gasteiger charge is 2.55. The minimum absolute atomic E-state index is 0.0579. The fourth-order valence-corrected chi connectivity index (χ4v) is 4.15. The molecule has 1 aromatic carbocycles. The number of pyridine rings is 1. The number of urea groups is 1. The number of aliphatic hydroxyl groups is 1. The maximum atomic E-state index is 14.7. The Labute approximate surface area is 181 Å². The Kier molecular flexibility index (Phi) is 5.49. The number of hydrogen-bond donors (Lipinski definition) is 2. The lowest BCUT2D eigenvalue weighted by molar-refractivity contribution is -0.135. The van der Waals surface area contributed by atoms with E-state index in [0.29, 0.717) is 16.0 Å². The van der Waals surface area contributed by atoms with Crippen LogP contribution in [0.25, 0.3) is 11.1 Å². The lowest BCUT2D eigenvalue weighted by atomic mass is 9.80. The molecule has 0 atom stereocenters. The molecule has 1 aliphatic carbocycles. The molecule has 0 radical (unpaired) electrons. The highest BCUT2D eigenvalue weighted by atomic mass is 19.3. The summed E-state index contributed by atoms with van der Waals surface area (Å²) in [5.74, 6) is -5.01. The average molecular weight is 447 g/mol. The van der Waals surface area contributed by atoms with Crippen LogP contribution in [0.5, 0.6) is 0 Å². The van der Waals surface area contributed by atoms with Crippen molar-refractivity contribution in [3.63, 3.8) is 0 Å². The first-order valence-corrected chi connectivity index (χ1v) is 10.0. The van der Waals surface area contributed by atoms with Gasteiger partial charge < -0.3 is 10.4 Å². The average Bonchev–Trinajstić information content (AvgIpc) is 3.00. The first-order valence-electron chi connectivity index (χ1n) is 10.0. The molecule has 0 unspecified atom stereocenters. The number of nitrogens with one attached hydrogen (secondary N) is 1. The van der Waals surface area contributed by atoms with Gasteiger partial charge in [0, 0.05) is 41.9 Å². The fourth-order valence-electron chi connectivity index (χ4n) is 4.15. The molecule has 10 heteroatoms. The number of Topliss-reactive ketones (excluding diaryl/α,β-unsaturated/α-hetero) is 1.